The van der Waals surface area contributed by atoms with E-state index < -0.39 is 0 Å². The van der Waals surface area contributed by atoms with E-state index in [-0.39, 0.29) is 11.4 Å². The maximum atomic E-state index is 11.7. The van der Waals surface area contributed by atoms with E-state index in [1.807, 2.05) is 0 Å². The number of thiophene rings is 1. The first-order valence-electron chi connectivity index (χ1n) is 8.10. The van der Waals surface area contributed by atoms with Crippen LogP contribution in [0.3, 0.4) is 0 Å². The van der Waals surface area contributed by atoms with Crippen molar-refractivity contribution in [3.05, 3.63) is 16.3 Å². The standard InChI is InChI=1S/C16H21N5O2S/c1-9-10(2)24-15-13(9)14(17)19-11(20-15)5-21-4-3-12(22)18-6-16(21)7-23-8-16/h3-8H2,1-2H3,(H,18,22)(H2,17,19,20). The average Bonchev–Trinajstić information content (AvgIpc) is 2.67. The molecule has 1 spiro atoms. The molecule has 2 aromatic heterocycles. The number of nitrogens with zero attached hydrogens (tertiary/aromatic N) is 3. The highest BCUT2D eigenvalue weighted by Crippen LogP contribution is 2.33. The average molecular weight is 347 g/mol. The number of aromatic nitrogens is 2. The highest BCUT2D eigenvalue weighted by Gasteiger charge is 2.46. The number of hydrogen-bond acceptors (Lipinski definition) is 7. The van der Waals surface area contributed by atoms with Gasteiger partial charge in [0.05, 0.1) is 30.7 Å². The van der Waals surface area contributed by atoms with Crippen LogP contribution in [0.4, 0.5) is 5.82 Å². The Labute approximate surface area is 144 Å². The Morgan fingerprint density at radius 2 is 2.17 bits per heavy atom. The molecule has 3 N–H and O–H groups in total. The topological polar surface area (TPSA) is 93.4 Å². The Morgan fingerprint density at radius 3 is 2.88 bits per heavy atom. The number of rotatable bonds is 2. The van der Waals surface area contributed by atoms with Crippen LogP contribution in [0.15, 0.2) is 0 Å². The number of aryl methyl sites for hydroxylation is 2. The number of carbonyl (C=O) groups excluding carboxylic acids is 1. The van der Waals surface area contributed by atoms with Crippen molar-refractivity contribution in [1.82, 2.24) is 20.2 Å². The van der Waals surface area contributed by atoms with Gasteiger partial charge in [0, 0.05) is 24.4 Å². The van der Waals surface area contributed by atoms with Crippen molar-refractivity contribution in [2.75, 3.05) is 32.0 Å². The summed E-state index contributed by atoms with van der Waals surface area (Å²) in [6, 6.07) is 0. The molecule has 0 aromatic carbocycles. The Kier molecular flexibility index (Phi) is 3.70. The van der Waals surface area contributed by atoms with Gasteiger partial charge in [-0.05, 0) is 19.4 Å². The van der Waals surface area contributed by atoms with Crippen molar-refractivity contribution >= 4 is 33.3 Å². The first kappa shape index (κ1) is 15.7. The van der Waals surface area contributed by atoms with Crippen LogP contribution in [-0.4, -0.2) is 52.6 Å². The van der Waals surface area contributed by atoms with Gasteiger partial charge in [-0.2, -0.15) is 0 Å². The van der Waals surface area contributed by atoms with E-state index in [0.29, 0.717) is 50.9 Å². The fourth-order valence-electron chi connectivity index (χ4n) is 3.37. The second-order valence-corrected chi connectivity index (χ2v) is 7.86. The molecule has 2 aromatic rings. The van der Waals surface area contributed by atoms with E-state index in [1.165, 1.54) is 4.88 Å². The Bertz CT molecular complexity index is 814. The van der Waals surface area contributed by atoms with Crippen molar-refractivity contribution in [2.45, 2.75) is 32.4 Å². The van der Waals surface area contributed by atoms with Crippen LogP contribution >= 0.6 is 11.3 Å². The molecular weight excluding hydrogens is 326 g/mol. The number of ether oxygens (including phenoxy) is 1. The van der Waals surface area contributed by atoms with E-state index >= 15 is 0 Å². The molecule has 0 bridgehead atoms. The quantitative estimate of drug-likeness (QED) is 0.841. The van der Waals surface area contributed by atoms with Crippen LogP contribution in [0, 0.1) is 13.8 Å². The number of fused-ring (bicyclic) bond motifs is 1. The molecule has 0 radical (unpaired) electrons. The first-order valence-corrected chi connectivity index (χ1v) is 8.92. The molecule has 2 aliphatic rings. The van der Waals surface area contributed by atoms with E-state index in [4.69, 9.17) is 15.5 Å². The van der Waals surface area contributed by atoms with Crippen molar-refractivity contribution < 1.29 is 9.53 Å². The zero-order valence-electron chi connectivity index (χ0n) is 13.9. The van der Waals surface area contributed by atoms with E-state index in [1.54, 1.807) is 11.3 Å². The fourth-order valence-corrected chi connectivity index (χ4v) is 4.43. The lowest BCUT2D eigenvalue weighted by atomic mass is 9.95. The minimum absolute atomic E-state index is 0.0872. The van der Waals surface area contributed by atoms with Gasteiger partial charge in [-0.1, -0.05) is 0 Å². The first-order chi connectivity index (χ1) is 11.5. The van der Waals surface area contributed by atoms with Gasteiger partial charge in [-0.3, -0.25) is 9.69 Å². The molecule has 2 aliphatic heterocycles. The lowest BCUT2D eigenvalue weighted by molar-refractivity contribution is -0.138. The molecule has 0 saturated carbocycles. The van der Waals surface area contributed by atoms with Gasteiger partial charge in [0.25, 0.3) is 0 Å². The molecule has 24 heavy (non-hydrogen) atoms. The van der Waals surface area contributed by atoms with Crippen molar-refractivity contribution in [3.8, 4) is 0 Å². The molecule has 2 fully saturated rings. The van der Waals surface area contributed by atoms with Gasteiger partial charge in [-0.15, -0.1) is 11.3 Å². The van der Waals surface area contributed by atoms with Crippen LogP contribution in [0.5, 0.6) is 0 Å². The van der Waals surface area contributed by atoms with E-state index in [0.717, 1.165) is 15.8 Å². The highest BCUT2D eigenvalue weighted by atomic mass is 32.1. The monoisotopic (exact) mass is 347 g/mol. The van der Waals surface area contributed by atoms with Crippen LogP contribution in [0.1, 0.15) is 22.7 Å². The number of nitrogens with two attached hydrogens (primary N) is 1. The largest absolute Gasteiger partial charge is 0.383 e. The summed E-state index contributed by atoms with van der Waals surface area (Å²) in [5, 5.41) is 3.95. The minimum atomic E-state index is -0.138. The number of anilines is 1. The van der Waals surface area contributed by atoms with Crippen molar-refractivity contribution in [1.29, 1.82) is 0 Å². The summed E-state index contributed by atoms with van der Waals surface area (Å²) in [5.41, 5.74) is 7.21. The third-order valence-corrected chi connectivity index (χ3v) is 6.17. The second kappa shape index (κ2) is 5.65. The maximum Gasteiger partial charge on any atom is 0.221 e. The summed E-state index contributed by atoms with van der Waals surface area (Å²) in [7, 11) is 0. The summed E-state index contributed by atoms with van der Waals surface area (Å²) in [6.07, 6.45) is 0.483. The number of amides is 1. The summed E-state index contributed by atoms with van der Waals surface area (Å²) in [4.78, 5) is 25.4. The van der Waals surface area contributed by atoms with Crippen LogP contribution < -0.4 is 11.1 Å². The Balaban J connectivity index is 1.66. The molecule has 8 heteroatoms. The number of carbonyl (C=O) groups is 1. The summed E-state index contributed by atoms with van der Waals surface area (Å²) >= 11 is 1.65. The zero-order chi connectivity index (χ0) is 16.9. The second-order valence-electron chi connectivity index (χ2n) is 6.65. The SMILES string of the molecule is Cc1sc2nc(CN3CCC(=O)NCC34COC4)nc(N)c2c1C. The van der Waals surface area contributed by atoms with Crippen molar-refractivity contribution in [3.63, 3.8) is 0 Å². The van der Waals surface area contributed by atoms with Gasteiger partial charge in [-0.25, -0.2) is 9.97 Å². The van der Waals surface area contributed by atoms with E-state index in [9.17, 15) is 4.79 Å². The van der Waals surface area contributed by atoms with Crippen molar-refractivity contribution in [2.24, 2.45) is 0 Å². The van der Waals surface area contributed by atoms with Crippen LogP contribution in [-0.2, 0) is 16.1 Å². The molecule has 0 unspecified atom stereocenters. The lowest BCUT2D eigenvalue weighted by Crippen LogP contribution is -2.65. The molecule has 0 aliphatic carbocycles. The molecule has 4 rings (SSSR count). The number of nitrogen functional groups attached to an aromatic ring is 1. The third kappa shape index (κ3) is 2.45. The molecule has 2 saturated heterocycles. The maximum absolute atomic E-state index is 11.7. The number of hydrogen-bond donors (Lipinski definition) is 2. The predicted octanol–water partition coefficient (Wildman–Crippen LogP) is 0.981. The number of nitrogens with one attached hydrogen (secondary N) is 1. The van der Waals surface area contributed by atoms with Gasteiger partial charge >= 0.3 is 0 Å². The van der Waals surface area contributed by atoms with Gasteiger partial charge in [0.2, 0.25) is 5.91 Å². The normalized spacial score (nSPS) is 20.8. The zero-order valence-corrected chi connectivity index (χ0v) is 14.7. The highest BCUT2D eigenvalue weighted by molar-refractivity contribution is 7.18. The lowest BCUT2D eigenvalue weighted by Gasteiger charge is -2.48. The van der Waals surface area contributed by atoms with E-state index in [2.05, 4.69) is 29.0 Å². The summed E-state index contributed by atoms with van der Waals surface area (Å²) < 4.78 is 5.43. The van der Waals surface area contributed by atoms with Crippen LogP contribution in [0.2, 0.25) is 0 Å². The minimum Gasteiger partial charge on any atom is -0.383 e. The fraction of sp³-hybridized carbons (Fsp3) is 0.562. The summed E-state index contributed by atoms with van der Waals surface area (Å²) in [5.74, 6) is 1.34. The van der Waals surface area contributed by atoms with Gasteiger partial charge in [0.1, 0.15) is 16.5 Å². The molecule has 128 valence electrons. The molecule has 7 nitrogen and oxygen atoms in total. The van der Waals surface area contributed by atoms with Gasteiger partial charge < -0.3 is 15.8 Å². The van der Waals surface area contributed by atoms with Crippen LogP contribution in [0.25, 0.3) is 10.2 Å². The Morgan fingerprint density at radius 1 is 1.38 bits per heavy atom. The third-order valence-electron chi connectivity index (χ3n) is 5.07. The Hall–Kier alpha value is -1.77. The molecule has 0 atom stereocenters. The molecule has 4 heterocycles. The smallest absolute Gasteiger partial charge is 0.221 e. The molecular formula is C16H21N5O2S. The summed E-state index contributed by atoms with van der Waals surface area (Å²) in [6.45, 7) is 7.26. The predicted molar refractivity (Wildman–Crippen MR) is 92.9 cm³/mol. The molecule has 1 amide bonds. The van der Waals surface area contributed by atoms with Gasteiger partial charge in [0.15, 0.2) is 0 Å².